The van der Waals surface area contributed by atoms with Crippen molar-refractivity contribution >= 4 is 5.91 Å². The van der Waals surface area contributed by atoms with Crippen LogP contribution in [0.1, 0.15) is 82.7 Å². The summed E-state index contributed by atoms with van der Waals surface area (Å²) in [5, 5.41) is 23.0. The Hall–Kier alpha value is -1.47. The molecular weight excluding hydrogens is 378 g/mol. The van der Waals surface area contributed by atoms with Gasteiger partial charge in [-0.05, 0) is 51.0 Å². The summed E-state index contributed by atoms with van der Waals surface area (Å²) in [7, 11) is 0. The first-order valence-corrected chi connectivity index (χ1v) is 12.3. The molecule has 2 saturated carbocycles. The van der Waals surface area contributed by atoms with E-state index in [0.717, 1.165) is 76.7 Å². The molecule has 6 rings (SSSR count). The maximum absolute atomic E-state index is 12.9. The first-order valence-electron chi connectivity index (χ1n) is 12.3. The predicted octanol–water partition coefficient (Wildman–Crippen LogP) is 2.59. The number of fused-ring (bicyclic) bond motifs is 3. The molecule has 30 heavy (non-hydrogen) atoms. The van der Waals surface area contributed by atoms with Gasteiger partial charge in [0.25, 0.3) is 0 Å². The van der Waals surface area contributed by atoms with Crippen molar-refractivity contribution in [1.82, 2.24) is 25.2 Å². The molecule has 4 atom stereocenters. The topological polar surface area (TPSA) is 83.3 Å². The SMILES string of the molecule is O=C(NC1CCCCC1)[C@H]1CN2CC[C@H]1C[C@@H]2Cn1cc(C2(O)CCCCC2)nn1. The van der Waals surface area contributed by atoms with E-state index in [1.54, 1.807) is 0 Å². The molecule has 0 aromatic carbocycles. The van der Waals surface area contributed by atoms with Crippen LogP contribution in [0.3, 0.4) is 0 Å². The van der Waals surface area contributed by atoms with Gasteiger partial charge in [0.15, 0.2) is 0 Å². The number of carbonyl (C=O) groups excluding carboxylic acids is 1. The lowest BCUT2D eigenvalue weighted by atomic mass is 9.75. The third kappa shape index (κ3) is 4.15. The van der Waals surface area contributed by atoms with E-state index in [1.807, 2.05) is 10.9 Å². The molecule has 7 heteroatoms. The largest absolute Gasteiger partial charge is 0.383 e. The quantitative estimate of drug-likeness (QED) is 0.772. The Labute approximate surface area is 179 Å². The number of nitrogens with zero attached hydrogens (tertiary/aromatic N) is 4. The molecule has 7 nitrogen and oxygen atoms in total. The monoisotopic (exact) mass is 415 g/mol. The summed E-state index contributed by atoms with van der Waals surface area (Å²) in [6.45, 7) is 2.75. The van der Waals surface area contributed by atoms with E-state index in [4.69, 9.17) is 0 Å². The summed E-state index contributed by atoms with van der Waals surface area (Å²) in [6, 6.07) is 0.815. The van der Waals surface area contributed by atoms with Crippen LogP contribution in [0.2, 0.25) is 0 Å². The van der Waals surface area contributed by atoms with Gasteiger partial charge in [-0.3, -0.25) is 14.4 Å². The fourth-order valence-electron chi connectivity index (χ4n) is 6.39. The van der Waals surface area contributed by atoms with Crippen LogP contribution in [0, 0.1) is 11.8 Å². The third-order valence-electron chi connectivity index (χ3n) is 8.26. The van der Waals surface area contributed by atoms with Crippen LogP contribution in [-0.4, -0.2) is 56.1 Å². The van der Waals surface area contributed by atoms with Gasteiger partial charge in [0.05, 0.1) is 18.7 Å². The number of aromatic nitrogens is 3. The average Bonchev–Trinajstić information content (AvgIpc) is 3.25. The Morgan fingerprint density at radius 2 is 1.90 bits per heavy atom. The van der Waals surface area contributed by atoms with Gasteiger partial charge in [0.2, 0.25) is 5.91 Å². The van der Waals surface area contributed by atoms with Crippen molar-refractivity contribution in [2.45, 2.75) is 101 Å². The van der Waals surface area contributed by atoms with E-state index < -0.39 is 5.60 Å². The Kier molecular flexibility index (Phi) is 5.84. The summed E-state index contributed by atoms with van der Waals surface area (Å²) in [6.07, 6.45) is 15.2. The molecule has 3 saturated heterocycles. The Bertz CT molecular complexity index is 738. The highest BCUT2D eigenvalue weighted by molar-refractivity contribution is 5.79. The molecule has 166 valence electrons. The molecule has 3 aliphatic heterocycles. The molecule has 1 aromatic rings. The lowest BCUT2D eigenvalue weighted by Gasteiger charge is -2.49. The first-order chi connectivity index (χ1) is 14.6. The smallest absolute Gasteiger partial charge is 0.224 e. The number of piperidine rings is 3. The van der Waals surface area contributed by atoms with Crippen LogP contribution in [0.15, 0.2) is 6.20 Å². The number of aliphatic hydroxyl groups is 1. The zero-order chi connectivity index (χ0) is 20.6. The van der Waals surface area contributed by atoms with Gasteiger partial charge in [-0.1, -0.05) is 43.7 Å². The van der Waals surface area contributed by atoms with Crippen molar-refractivity contribution in [2.24, 2.45) is 11.8 Å². The lowest BCUT2D eigenvalue weighted by molar-refractivity contribution is -0.134. The summed E-state index contributed by atoms with van der Waals surface area (Å²) in [4.78, 5) is 15.4. The molecule has 5 aliphatic rings. The average molecular weight is 416 g/mol. The molecule has 2 bridgehead atoms. The van der Waals surface area contributed by atoms with Gasteiger partial charge in [-0.25, -0.2) is 0 Å². The normalized spacial score (nSPS) is 34.0. The number of hydrogen-bond acceptors (Lipinski definition) is 5. The highest BCUT2D eigenvalue weighted by Gasteiger charge is 2.44. The molecule has 1 amide bonds. The van der Waals surface area contributed by atoms with E-state index in [9.17, 15) is 9.90 Å². The van der Waals surface area contributed by atoms with E-state index in [1.165, 1.54) is 25.7 Å². The Morgan fingerprint density at radius 1 is 1.13 bits per heavy atom. The molecule has 5 fully saturated rings. The lowest BCUT2D eigenvalue weighted by Crippen LogP contribution is -2.58. The van der Waals surface area contributed by atoms with E-state index in [0.29, 0.717) is 18.0 Å². The van der Waals surface area contributed by atoms with E-state index in [2.05, 4.69) is 20.5 Å². The highest BCUT2D eigenvalue weighted by atomic mass is 16.3. The third-order valence-corrected chi connectivity index (χ3v) is 8.26. The molecule has 2 aliphatic carbocycles. The van der Waals surface area contributed by atoms with Gasteiger partial charge in [-0.15, -0.1) is 5.10 Å². The molecular formula is C23H37N5O2. The van der Waals surface area contributed by atoms with E-state index in [-0.39, 0.29) is 11.8 Å². The molecule has 1 unspecified atom stereocenters. The fourth-order valence-corrected chi connectivity index (χ4v) is 6.39. The van der Waals surface area contributed by atoms with Crippen molar-refractivity contribution < 1.29 is 9.90 Å². The minimum atomic E-state index is -0.787. The van der Waals surface area contributed by atoms with Gasteiger partial charge >= 0.3 is 0 Å². The van der Waals surface area contributed by atoms with Crippen LogP contribution in [0.5, 0.6) is 0 Å². The van der Waals surface area contributed by atoms with Crippen molar-refractivity contribution in [3.05, 3.63) is 11.9 Å². The summed E-state index contributed by atoms with van der Waals surface area (Å²) in [5.74, 6) is 0.915. The molecule has 0 spiro atoms. The zero-order valence-corrected chi connectivity index (χ0v) is 18.1. The molecule has 0 radical (unpaired) electrons. The van der Waals surface area contributed by atoms with Crippen LogP contribution in [-0.2, 0) is 16.9 Å². The number of nitrogens with one attached hydrogen (secondary N) is 1. The van der Waals surface area contributed by atoms with Crippen LogP contribution in [0.4, 0.5) is 0 Å². The van der Waals surface area contributed by atoms with Gasteiger partial charge in [0, 0.05) is 18.6 Å². The second-order valence-electron chi connectivity index (χ2n) is 10.3. The predicted molar refractivity (Wildman–Crippen MR) is 114 cm³/mol. The summed E-state index contributed by atoms with van der Waals surface area (Å²) >= 11 is 0. The van der Waals surface area contributed by atoms with Crippen LogP contribution in [0.25, 0.3) is 0 Å². The number of carbonyl (C=O) groups is 1. The highest BCUT2D eigenvalue weighted by Crippen LogP contribution is 2.38. The molecule has 1 aromatic heterocycles. The summed E-state index contributed by atoms with van der Waals surface area (Å²) < 4.78 is 1.92. The minimum Gasteiger partial charge on any atom is -0.383 e. The second-order valence-corrected chi connectivity index (χ2v) is 10.3. The maximum atomic E-state index is 12.9. The first kappa shape index (κ1) is 20.4. The van der Waals surface area contributed by atoms with Gasteiger partial charge in [0.1, 0.15) is 11.3 Å². The summed E-state index contributed by atoms with van der Waals surface area (Å²) in [5.41, 5.74) is -0.0482. The van der Waals surface area contributed by atoms with Crippen molar-refractivity contribution in [1.29, 1.82) is 0 Å². The standard InChI is InChI=1S/C23H37N5O2/c29-22(24-18-7-3-1-4-8-18)20-15-27-12-9-17(20)13-19(27)14-28-16-21(25-26-28)23(30)10-5-2-6-11-23/h16-20,30H,1-15H2,(H,24,29)/t17-,19+,20-/m0/s1. The number of amides is 1. The van der Waals surface area contributed by atoms with E-state index >= 15 is 0 Å². The van der Waals surface area contributed by atoms with Gasteiger partial charge in [-0.2, -0.15) is 0 Å². The van der Waals surface area contributed by atoms with Crippen molar-refractivity contribution in [3.8, 4) is 0 Å². The van der Waals surface area contributed by atoms with Crippen LogP contribution < -0.4 is 5.32 Å². The zero-order valence-electron chi connectivity index (χ0n) is 18.1. The van der Waals surface area contributed by atoms with Crippen molar-refractivity contribution in [2.75, 3.05) is 13.1 Å². The Morgan fingerprint density at radius 3 is 2.63 bits per heavy atom. The fraction of sp³-hybridized carbons (Fsp3) is 0.870. The van der Waals surface area contributed by atoms with Crippen LogP contribution >= 0.6 is 0 Å². The van der Waals surface area contributed by atoms with Gasteiger partial charge < -0.3 is 10.4 Å². The minimum absolute atomic E-state index is 0.145. The molecule has 2 N–H and O–H groups in total. The Balaban J connectivity index is 1.18. The second kappa shape index (κ2) is 8.58. The van der Waals surface area contributed by atoms with Crippen molar-refractivity contribution in [3.63, 3.8) is 0 Å². The molecule has 4 heterocycles. The number of rotatable bonds is 5. The number of hydrogen-bond donors (Lipinski definition) is 2. The maximum Gasteiger partial charge on any atom is 0.224 e.